The quantitative estimate of drug-likeness (QED) is 0.732. The maximum absolute atomic E-state index is 12.5. The monoisotopic (exact) mass is 360 g/mol. The van der Waals surface area contributed by atoms with E-state index in [9.17, 15) is 8.42 Å². The first kappa shape index (κ1) is 16.6. The van der Waals surface area contributed by atoms with Gasteiger partial charge in [0.1, 0.15) is 10.6 Å². The molecule has 0 unspecified atom stereocenters. The van der Waals surface area contributed by atoms with Crippen molar-refractivity contribution in [1.29, 1.82) is 0 Å². The Kier molecular flexibility index (Phi) is 4.94. The minimum Gasteiger partial charge on any atom is -0.495 e. The second kappa shape index (κ2) is 7.12. The average molecular weight is 360 g/mol. The molecule has 0 atom stereocenters. The van der Waals surface area contributed by atoms with Crippen molar-refractivity contribution in [3.63, 3.8) is 0 Å². The molecule has 1 N–H and O–H groups in total. The molecular weight excluding hydrogens is 344 g/mol. The normalized spacial score (nSPS) is 11.4. The Balaban J connectivity index is 1.79. The highest BCUT2D eigenvalue weighted by molar-refractivity contribution is 7.89. The Morgan fingerprint density at radius 1 is 1.17 bits per heavy atom. The summed E-state index contributed by atoms with van der Waals surface area (Å²) in [4.78, 5) is 4.31. The van der Waals surface area contributed by atoms with Crippen LogP contribution >= 0.6 is 11.3 Å². The molecule has 0 saturated heterocycles. The lowest BCUT2D eigenvalue weighted by atomic mass is 10.1. The summed E-state index contributed by atoms with van der Waals surface area (Å²) in [5.41, 5.74) is 2.82. The van der Waals surface area contributed by atoms with E-state index in [2.05, 4.69) is 9.71 Å². The van der Waals surface area contributed by atoms with Gasteiger partial charge < -0.3 is 4.74 Å². The molecule has 0 spiro atoms. The van der Waals surface area contributed by atoms with E-state index in [0.29, 0.717) is 5.75 Å². The number of pyridine rings is 1. The van der Waals surface area contributed by atoms with Gasteiger partial charge in [-0.15, -0.1) is 0 Å². The van der Waals surface area contributed by atoms with Crippen LogP contribution < -0.4 is 9.46 Å². The maximum atomic E-state index is 12.5. The highest BCUT2D eigenvalue weighted by Crippen LogP contribution is 2.24. The second-order valence-electron chi connectivity index (χ2n) is 5.07. The van der Waals surface area contributed by atoms with Crippen molar-refractivity contribution in [2.24, 2.45) is 0 Å². The number of hydrogen-bond acceptors (Lipinski definition) is 5. The molecule has 0 aliphatic rings. The van der Waals surface area contributed by atoms with Crippen molar-refractivity contribution in [3.8, 4) is 16.9 Å². The molecule has 3 rings (SSSR count). The number of thiophene rings is 1. The summed E-state index contributed by atoms with van der Waals surface area (Å²) in [6.07, 6.45) is 3.42. The Bertz CT molecular complexity index is 923. The number of para-hydroxylation sites is 1. The summed E-state index contributed by atoms with van der Waals surface area (Å²) in [5, 5.41) is 4.02. The fourth-order valence-corrected chi connectivity index (χ4v) is 4.12. The van der Waals surface area contributed by atoms with Crippen molar-refractivity contribution in [1.82, 2.24) is 9.71 Å². The SMILES string of the molecule is COc1ccccc1S(=O)(=O)NCc1cncc(-c2ccsc2)c1. The third-order valence-corrected chi connectivity index (χ3v) is 5.60. The Morgan fingerprint density at radius 3 is 2.75 bits per heavy atom. The van der Waals surface area contributed by atoms with Crippen molar-refractivity contribution < 1.29 is 13.2 Å². The number of sulfonamides is 1. The van der Waals surface area contributed by atoms with E-state index < -0.39 is 10.0 Å². The van der Waals surface area contributed by atoms with Gasteiger partial charge in [0.05, 0.1) is 7.11 Å². The molecule has 7 heteroatoms. The molecule has 1 aromatic carbocycles. The fraction of sp³-hybridized carbons (Fsp3) is 0.118. The van der Waals surface area contributed by atoms with Crippen molar-refractivity contribution in [2.75, 3.05) is 7.11 Å². The van der Waals surface area contributed by atoms with Gasteiger partial charge >= 0.3 is 0 Å². The van der Waals surface area contributed by atoms with Crippen LogP contribution in [-0.2, 0) is 16.6 Å². The van der Waals surface area contributed by atoms with Crippen molar-refractivity contribution in [3.05, 3.63) is 65.1 Å². The van der Waals surface area contributed by atoms with Gasteiger partial charge in [-0.25, -0.2) is 13.1 Å². The molecule has 0 bridgehead atoms. The van der Waals surface area contributed by atoms with Crippen molar-refractivity contribution >= 4 is 21.4 Å². The highest BCUT2D eigenvalue weighted by atomic mass is 32.2. The van der Waals surface area contributed by atoms with Gasteiger partial charge in [-0.3, -0.25) is 4.98 Å². The van der Waals surface area contributed by atoms with Gasteiger partial charge in [-0.1, -0.05) is 12.1 Å². The maximum Gasteiger partial charge on any atom is 0.244 e. The van der Waals surface area contributed by atoms with E-state index in [-0.39, 0.29) is 11.4 Å². The topological polar surface area (TPSA) is 68.3 Å². The van der Waals surface area contributed by atoms with E-state index in [1.165, 1.54) is 13.2 Å². The van der Waals surface area contributed by atoms with Crippen LogP contribution in [0.25, 0.3) is 11.1 Å². The molecule has 0 radical (unpaired) electrons. The Hall–Kier alpha value is -2.22. The third kappa shape index (κ3) is 3.64. The fourth-order valence-electron chi connectivity index (χ4n) is 2.27. The van der Waals surface area contributed by atoms with Crippen molar-refractivity contribution in [2.45, 2.75) is 11.4 Å². The van der Waals surface area contributed by atoms with Crippen LogP contribution in [0.3, 0.4) is 0 Å². The Labute approximate surface area is 145 Å². The van der Waals surface area contributed by atoms with Crippen LogP contribution in [-0.4, -0.2) is 20.5 Å². The lowest BCUT2D eigenvalue weighted by molar-refractivity contribution is 0.402. The molecule has 2 heterocycles. The van der Waals surface area contributed by atoms with Crippen LogP contribution in [0.4, 0.5) is 0 Å². The van der Waals surface area contributed by atoms with E-state index in [4.69, 9.17) is 4.74 Å². The van der Waals surface area contributed by atoms with Gasteiger partial charge in [-0.05, 0) is 46.2 Å². The van der Waals surface area contributed by atoms with Gasteiger partial charge in [0, 0.05) is 24.5 Å². The highest BCUT2D eigenvalue weighted by Gasteiger charge is 2.18. The summed E-state index contributed by atoms with van der Waals surface area (Å²) >= 11 is 1.61. The molecule has 0 aliphatic carbocycles. The predicted octanol–water partition coefficient (Wildman–Crippen LogP) is 3.30. The number of benzene rings is 1. The van der Waals surface area contributed by atoms with Crippen LogP contribution in [0.1, 0.15) is 5.56 Å². The van der Waals surface area contributed by atoms with Gasteiger partial charge in [-0.2, -0.15) is 11.3 Å². The number of rotatable bonds is 6. The molecule has 0 saturated carbocycles. The molecular formula is C17H16N2O3S2. The van der Waals surface area contributed by atoms with Crippen LogP contribution in [0.15, 0.2) is 64.4 Å². The second-order valence-corrected chi connectivity index (χ2v) is 7.58. The number of nitrogens with zero attached hydrogens (tertiary/aromatic N) is 1. The third-order valence-electron chi connectivity index (χ3n) is 3.47. The number of aromatic nitrogens is 1. The largest absolute Gasteiger partial charge is 0.495 e. The molecule has 0 aliphatic heterocycles. The zero-order chi connectivity index (χ0) is 17.0. The van der Waals surface area contributed by atoms with Crippen LogP contribution in [0.2, 0.25) is 0 Å². The summed E-state index contributed by atoms with van der Waals surface area (Å²) in [6, 6.07) is 10.5. The summed E-state index contributed by atoms with van der Waals surface area (Å²) in [6.45, 7) is 0.158. The standard InChI is InChI=1S/C17H16N2O3S2/c1-22-16-4-2-3-5-17(16)24(20,21)19-10-13-8-15(11-18-9-13)14-6-7-23-12-14/h2-9,11-12,19H,10H2,1H3. The van der Waals surface area contributed by atoms with E-state index >= 15 is 0 Å². The molecule has 24 heavy (non-hydrogen) atoms. The minimum absolute atomic E-state index is 0.120. The molecule has 3 aromatic rings. The summed E-state index contributed by atoms with van der Waals surface area (Å²) in [5.74, 6) is 0.315. The van der Waals surface area contributed by atoms with Crippen LogP contribution in [0.5, 0.6) is 5.75 Å². The predicted molar refractivity (Wildman–Crippen MR) is 94.6 cm³/mol. The molecule has 0 amide bonds. The van der Waals surface area contributed by atoms with Gasteiger partial charge in [0.15, 0.2) is 0 Å². The van der Waals surface area contributed by atoms with Gasteiger partial charge in [0.2, 0.25) is 10.0 Å². The number of nitrogens with one attached hydrogen (secondary N) is 1. The number of methoxy groups -OCH3 is 1. The molecule has 0 fully saturated rings. The number of hydrogen-bond donors (Lipinski definition) is 1. The molecule has 2 aromatic heterocycles. The van der Waals surface area contributed by atoms with E-state index in [1.54, 1.807) is 41.9 Å². The zero-order valence-corrected chi connectivity index (χ0v) is 14.6. The summed E-state index contributed by atoms with van der Waals surface area (Å²) in [7, 11) is -2.22. The van der Waals surface area contributed by atoms with E-state index in [0.717, 1.165) is 16.7 Å². The zero-order valence-electron chi connectivity index (χ0n) is 13.0. The van der Waals surface area contributed by atoms with Crippen LogP contribution in [0, 0.1) is 0 Å². The molecule has 124 valence electrons. The first-order chi connectivity index (χ1) is 11.6. The lowest BCUT2D eigenvalue weighted by Gasteiger charge is -2.10. The Morgan fingerprint density at radius 2 is 2.00 bits per heavy atom. The van der Waals surface area contributed by atoms with Gasteiger partial charge in [0.25, 0.3) is 0 Å². The number of ether oxygens (including phenoxy) is 1. The molecule has 5 nitrogen and oxygen atoms in total. The lowest BCUT2D eigenvalue weighted by Crippen LogP contribution is -2.23. The first-order valence-electron chi connectivity index (χ1n) is 7.19. The van der Waals surface area contributed by atoms with E-state index in [1.807, 2.05) is 22.9 Å². The average Bonchev–Trinajstić information content (AvgIpc) is 3.15. The smallest absolute Gasteiger partial charge is 0.244 e. The first-order valence-corrected chi connectivity index (χ1v) is 9.62. The minimum atomic E-state index is -3.67. The summed E-state index contributed by atoms with van der Waals surface area (Å²) < 4.78 is 32.7.